The molecule has 3 nitrogen and oxygen atoms in total. The van der Waals surface area contributed by atoms with E-state index in [0.29, 0.717) is 19.5 Å². The Bertz CT molecular complexity index is 116. The number of rotatable bonds is 6. The summed E-state index contributed by atoms with van der Waals surface area (Å²) >= 11 is 0. The van der Waals surface area contributed by atoms with Crippen molar-refractivity contribution in [1.82, 2.24) is 0 Å². The largest absolute Gasteiger partial charge is 0.355 e. The van der Waals surface area contributed by atoms with Gasteiger partial charge in [0.2, 0.25) is 0 Å². The minimum atomic E-state index is -0.141. The summed E-state index contributed by atoms with van der Waals surface area (Å²) in [6, 6.07) is 0. The van der Waals surface area contributed by atoms with Crippen LogP contribution in [0.3, 0.4) is 0 Å². The Morgan fingerprint density at radius 1 is 1.00 bits per heavy atom. The minimum Gasteiger partial charge on any atom is -0.355 e. The molecule has 0 aromatic carbocycles. The zero-order valence-electron chi connectivity index (χ0n) is 9.42. The summed E-state index contributed by atoms with van der Waals surface area (Å²) in [5.41, 5.74) is -0.141. The summed E-state index contributed by atoms with van der Waals surface area (Å²) < 4.78 is 15.7. The van der Waals surface area contributed by atoms with Crippen LogP contribution in [0.25, 0.3) is 0 Å². The van der Waals surface area contributed by atoms with E-state index in [1.165, 1.54) is 0 Å². The minimum absolute atomic E-state index is 0. The molecule has 0 aliphatic heterocycles. The van der Waals surface area contributed by atoms with Crippen LogP contribution in [0.2, 0.25) is 0 Å². The van der Waals surface area contributed by atoms with Crippen molar-refractivity contribution in [2.24, 2.45) is 5.92 Å². The van der Waals surface area contributed by atoms with Crippen molar-refractivity contribution in [3.8, 4) is 0 Å². The molecular weight excluding hydrogens is 180 g/mol. The van der Waals surface area contributed by atoms with Crippen LogP contribution in [0.5, 0.6) is 0 Å². The van der Waals surface area contributed by atoms with Crippen LogP contribution in [0.1, 0.15) is 42.0 Å². The molecule has 0 aliphatic rings. The van der Waals surface area contributed by atoms with E-state index in [9.17, 15) is 0 Å². The second-order valence-corrected chi connectivity index (χ2v) is 4.46. The number of ether oxygens (including phenoxy) is 3. The van der Waals surface area contributed by atoms with Crippen molar-refractivity contribution in [2.45, 2.75) is 47.6 Å². The van der Waals surface area contributed by atoms with Crippen LogP contribution in [0.15, 0.2) is 0 Å². The van der Waals surface area contributed by atoms with Crippen molar-refractivity contribution in [2.75, 3.05) is 20.2 Å². The smallest absolute Gasteiger partial charge is 0.150 e. The Labute approximate surface area is 88.7 Å². The molecule has 0 amide bonds. The molecule has 0 unspecified atom stereocenters. The molecule has 0 rings (SSSR count). The van der Waals surface area contributed by atoms with Crippen molar-refractivity contribution in [3.63, 3.8) is 0 Å². The van der Waals surface area contributed by atoms with Gasteiger partial charge in [0.05, 0.1) is 12.2 Å². The second-order valence-electron chi connectivity index (χ2n) is 4.46. The van der Waals surface area contributed by atoms with E-state index in [0.717, 1.165) is 6.61 Å². The maximum atomic E-state index is 5.33. The standard InChI is InChI=1S/C10H22O3.CH4/c1-9(2)6-11-7-12-8-13-10(3,4)5;/h9H,6-8H2,1-5H3;1H4. The van der Waals surface area contributed by atoms with Crippen LogP contribution >= 0.6 is 0 Å². The number of hydrogen-bond acceptors (Lipinski definition) is 3. The van der Waals surface area contributed by atoms with Gasteiger partial charge in [-0.3, -0.25) is 0 Å². The predicted octanol–water partition coefficient (Wildman–Crippen LogP) is 3.04. The molecule has 88 valence electrons. The van der Waals surface area contributed by atoms with Gasteiger partial charge in [0.15, 0.2) is 0 Å². The Balaban J connectivity index is 0. The fraction of sp³-hybridized carbons (Fsp3) is 1.00. The Hall–Kier alpha value is -0.120. The van der Waals surface area contributed by atoms with Gasteiger partial charge in [-0.05, 0) is 26.7 Å². The Morgan fingerprint density at radius 2 is 1.57 bits per heavy atom. The molecule has 3 heteroatoms. The van der Waals surface area contributed by atoms with E-state index in [1.807, 2.05) is 20.8 Å². The maximum absolute atomic E-state index is 5.33. The molecule has 0 heterocycles. The first-order chi connectivity index (χ1) is 5.92. The summed E-state index contributed by atoms with van der Waals surface area (Å²) in [5, 5.41) is 0. The highest BCUT2D eigenvalue weighted by molar-refractivity contribution is 4.56. The zero-order valence-corrected chi connectivity index (χ0v) is 9.42. The molecule has 0 saturated carbocycles. The topological polar surface area (TPSA) is 27.7 Å². The first-order valence-corrected chi connectivity index (χ1v) is 4.71. The van der Waals surface area contributed by atoms with Crippen LogP contribution in [-0.2, 0) is 14.2 Å². The van der Waals surface area contributed by atoms with Gasteiger partial charge < -0.3 is 14.2 Å². The molecule has 0 saturated heterocycles. The van der Waals surface area contributed by atoms with Crippen LogP contribution in [-0.4, -0.2) is 25.8 Å². The van der Waals surface area contributed by atoms with Gasteiger partial charge >= 0.3 is 0 Å². The predicted molar refractivity (Wildman–Crippen MR) is 59.2 cm³/mol. The monoisotopic (exact) mass is 206 g/mol. The molecule has 0 fully saturated rings. The van der Waals surface area contributed by atoms with Crippen molar-refractivity contribution in [1.29, 1.82) is 0 Å². The average Bonchev–Trinajstić information content (AvgIpc) is 1.93. The molecule has 0 radical (unpaired) electrons. The first-order valence-electron chi connectivity index (χ1n) is 4.71. The van der Waals surface area contributed by atoms with E-state index >= 15 is 0 Å². The zero-order chi connectivity index (χ0) is 10.3. The lowest BCUT2D eigenvalue weighted by Gasteiger charge is -2.19. The molecule has 0 spiro atoms. The third-order valence-corrected chi connectivity index (χ3v) is 1.19. The molecule has 14 heavy (non-hydrogen) atoms. The summed E-state index contributed by atoms with van der Waals surface area (Å²) in [6.07, 6.45) is 0. The van der Waals surface area contributed by atoms with E-state index in [2.05, 4.69) is 13.8 Å². The summed E-state index contributed by atoms with van der Waals surface area (Å²) in [4.78, 5) is 0. The third kappa shape index (κ3) is 14.4. The lowest BCUT2D eigenvalue weighted by molar-refractivity contribution is -0.169. The molecule has 0 aliphatic carbocycles. The highest BCUT2D eigenvalue weighted by Crippen LogP contribution is 2.05. The molecule has 0 atom stereocenters. The second kappa shape index (κ2) is 8.21. The van der Waals surface area contributed by atoms with Gasteiger partial charge in [0, 0.05) is 0 Å². The molecule has 0 bridgehead atoms. The van der Waals surface area contributed by atoms with Crippen LogP contribution < -0.4 is 0 Å². The van der Waals surface area contributed by atoms with Gasteiger partial charge in [0.1, 0.15) is 13.6 Å². The average molecular weight is 206 g/mol. The Kier molecular flexibility index (Phi) is 9.57. The summed E-state index contributed by atoms with van der Waals surface area (Å²) in [7, 11) is 0. The van der Waals surface area contributed by atoms with Crippen molar-refractivity contribution < 1.29 is 14.2 Å². The molecule has 0 aromatic heterocycles. The maximum Gasteiger partial charge on any atom is 0.150 e. The van der Waals surface area contributed by atoms with E-state index in [4.69, 9.17) is 14.2 Å². The lowest BCUT2D eigenvalue weighted by Crippen LogP contribution is -2.21. The van der Waals surface area contributed by atoms with Gasteiger partial charge in [-0.25, -0.2) is 0 Å². The SMILES string of the molecule is C.CC(C)COCOCOC(C)(C)C. The van der Waals surface area contributed by atoms with Crippen molar-refractivity contribution in [3.05, 3.63) is 0 Å². The fourth-order valence-corrected chi connectivity index (χ4v) is 0.595. The van der Waals surface area contributed by atoms with E-state index in [1.54, 1.807) is 0 Å². The quantitative estimate of drug-likeness (QED) is 0.494. The summed E-state index contributed by atoms with van der Waals surface area (Å²) in [6.45, 7) is 11.5. The van der Waals surface area contributed by atoms with Crippen LogP contribution in [0.4, 0.5) is 0 Å². The molecule has 0 aromatic rings. The molecule has 0 N–H and O–H groups in total. The lowest BCUT2D eigenvalue weighted by atomic mass is 10.2. The molecular formula is C11H26O3. The first kappa shape index (κ1) is 16.3. The van der Waals surface area contributed by atoms with Gasteiger partial charge in [0.25, 0.3) is 0 Å². The third-order valence-electron chi connectivity index (χ3n) is 1.19. The fourth-order valence-electron chi connectivity index (χ4n) is 0.595. The summed E-state index contributed by atoms with van der Waals surface area (Å²) in [5.74, 6) is 0.548. The normalized spacial score (nSPS) is 11.6. The van der Waals surface area contributed by atoms with E-state index in [-0.39, 0.29) is 13.0 Å². The van der Waals surface area contributed by atoms with Gasteiger partial charge in [-0.1, -0.05) is 21.3 Å². The highest BCUT2D eigenvalue weighted by atomic mass is 16.7. The van der Waals surface area contributed by atoms with Gasteiger partial charge in [-0.2, -0.15) is 0 Å². The van der Waals surface area contributed by atoms with E-state index < -0.39 is 0 Å². The Morgan fingerprint density at radius 3 is 2.00 bits per heavy atom. The van der Waals surface area contributed by atoms with Crippen molar-refractivity contribution >= 4 is 0 Å². The van der Waals surface area contributed by atoms with Crippen LogP contribution in [0, 0.1) is 5.92 Å². The van der Waals surface area contributed by atoms with Gasteiger partial charge in [-0.15, -0.1) is 0 Å². The highest BCUT2D eigenvalue weighted by Gasteiger charge is 2.08. The number of hydrogen-bond donors (Lipinski definition) is 0.